The molecule has 5 rings (SSSR count). The summed E-state index contributed by atoms with van der Waals surface area (Å²) in [6.07, 6.45) is 3.93. The third kappa shape index (κ3) is 4.46. The first-order valence-corrected chi connectivity index (χ1v) is 12.8. The number of aromatic nitrogens is 1. The number of ether oxygens (including phenoxy) is 1. The van der Waals surface area contributed by atoms with E-state index in [2.05, 4.69) is 18.3 Å². The van der Waals surface area contributed by atoms with Crippen molar-refractivity contribution >= 4 is 39.1 Å². The van der Waals surface area contributed by atoms with Gasteiger partial charge in [-0.05, 0) is 55.9 Å². The summed E-state index contributed by atoms with van der Waals surface area (Å²) in [5.41, 5.74) is 5.64. The summed E-state index contributed by atoms with van der Waals surface area (Å²) in [7, 11) is 1.39. The number of thiophene rings is 1. The van der Waals surface area contributed by atoms with E-state index in [4.69, 9.17) is 9.72 Å². The smallest absolute Gasteiger partial charge is 0.341 e. The lowest BCUT2D eigenvalue weighted by atomic mass is 9.85. The molecule has 0 spiro atoms. The highest BCUT2D eigenvalue weighted by Crippen LogP contribution is 2.41. The topological polar surface area (TPSA) is 68.3 Å². The van der Waals surface area contributed by atoms with E-state index < -0.39 is 5.97 Å². The van der Waals surface area contributed by atoms with Crippen LogP contribution >= 0.6 is 11.3 Å². The number of para-hydroxylation sites is 1. The molecule has 178 valence electrons. The molecule has 35 heavy (non-hydrogen) atoms. The van der Waals surface area contributed by atoms with Crippen molar-refractivity contribution in [2.75, 3.05) is 12.4 Å². The van der Waals surface area contributed by atoms with E-state index in [9.17, 15) is 9.59 Å². The number of fused-ring (bicyclic) bond motifs is 2. The molecule has 1 amide bonds. The molecule has 0 bridgehead atoms. The van der Waals surface area contributed by atoms with E-state index in [0.717, 1.165) is 59.0 Å². The van der Waals surface area contributed by atoms with Crippen LogP contribution in [0.5, 0.6) is 0 Å². The normalized spacial score (nSPS) is 15.0. The van der Waals surface area contributed by atoms with Crippen LogP contribution in [-0.2, 0) is 17.6 Å². The number of nitrogens with zero attached hydrogens (tertiary/aromatic N) is 1. The molecule has 1 unspecified atom stereocenters. The molecule has 6 heteroatoms. The van der Waals surface area contributed by atoms with Gasteiger partial charge in [0, 0.05) is 15.8 Å². The van der Waals surface area contributed by atoms with Crippen molar-refractivity contribution < 1.29 is 14.3 Å². The van der Waals surface area contributed by atoms with Gasteiger partial charge in [0.2, 0.25) is 0 Å². The van der Waals surface area contributed by atoms with Crippen LogP contribution in [0.1, 0.15) is 56.5 Å². The summed E-state index contributed by atoms with van der Waals surface area (Å²) in [5, 5.41) is 4.41. The number of anilines is 1. The number of methoxy groups -OCH3 is 1. The second-order valence-electron chi connectivity index (χ2n) is 9.11. The van der Waals surface area contributed by atoms with E-state index >= 15 is 0 Å². The minimum atomic E-state index is -0.396. The molecule has 2 aromatic heterocycles. The summed E-state index contributed by atoms with van der Waals surface area (Å²) in [6.45, 7) is 4.24. The molecular formula is C29H28N2O3S. The number of rotatable bonds is 5. The average molecular weight is 485 g/mol. The first-order valence-electron chi connectivity index (χ1n) is 12.0. The Hall–Kier alpha value is -3.51. The molecular weight excluding hydrogens is 456 g/mol. The van der Waals surface area contributed by atoms with Gasteiger partial charge in [0.1, 0.15) is 5.00 Å². The standard InChI is InChI=1S/C29H28N2O3S/c1-4-18-12-13-21-25(15-18)35-28(26(21)29(33)34-3)31-27(32)22-16-24(19-9-7-8-17(2)14-19)30-23-11-6-5-10-20(22)23/h5-11,14,16,18H,4,12-13,15H2,1-3H3,(H,31,32). The third-order valence-electron chi connectivity index (χ3n) is 6.84. The Morgan fingerprint density at radius 1 is 1.14 bits per heavy atom. The van der Waals surface area contributed by atoms with Crippen LogP contribution in [0.2, 0.25) is 0 Å². The first kappa shape index (κ1) is 23.2. The number of nitrogens with one attached hydrogen (secondary N) is 1. The van der Waals surface area contributed by atoms with E-state index in [0.29, 0.717) is 22.0 Å². The van der Waals surface area contributed by atoms with Crippen molar-refractivity contribution in [3.63, 3.8) is 0 Å². The number of hydrogen-bond acceptors (Lipinski definition) is 5. The fourth-order valence-electron chi connectivity index (χ4n) is 4.89. The maximum atomic E-state index is 13.7. The van der Waals surface area contributed by atoms with Crippen LogP contribution in [0.25, 0.3) is 22.2 Å². The number of carbonyl (C=O) groups excluding carboxylic acids is 2. The number of carbonyl (C=O) groups is 2. The van der Waals surface area contributed by atoms with Crippen molar-refractivity contribution in [2.24, 2.45) is 5.92 Å². The van der Waals surface area contributed by atoms with Gasteiger partial charge in [0.05, 0.1) is 29.4 Å². The Kier molecular flexibility index (Phi) is 6.39. The molecule has 2 aromatic carbocycles. The first-order chi connectivity index (χ1) is 17.0. The summed E-state index contributed by atoms with van der Waals surface area (Å²) in [6, 6.07) is 17.6. The number of hydrogen-bond donors (Lipinski definition) is 1. The lowest BCUT2D eigenvalue weighted by Crippen LogP contribution is -2.17. The van der Waals surface area contributed by atoms with E-state index in [1.54, 1.807) is 0 Å². The quantitative estimate of drug-likeness (QED) is 0.315. The van der Waals surface area contributed by atoms with E-state index in [-0.39, 0.29) is 5.91 Å². The molecule has 0 aliphatic heterocycles. The summed E-state index contributed by atoms with van der Waals surface area (Å²) in [4.78, 5) is 32.4. The fourth-order valence-corrected chi connectivity index (χ4v) is 6.24. The second-order valence-corrected chi connectivity index (χ2v) is 10.2. The Morgan fingerprint density at radius 3 is 2.74 bits per heavy atom. The van der Waals surface area contributed by atoms with Crippen molar-refractivity contribution in [3.8, 4) is 11.3 Å². The van der Waals surface area contributed by atoms with Gasteiger partial charge in [-0.2, -0.15) is 0 Å². The molecule has 1 aliphatic rings. The van der Waals surface area contributed by atoms with Crippen molar-refractivity contribution in [1.29, 1.82) is 0 Å². The lowest BCUT2D eigenvalue weighted by molar-refractivity contribution is 0.0601. The zero-order valence-electron chi connectivity index (χ0n) is 20.2. The number of benzene rings is 2. The highest BCUT2D eigenvalue weighted by atomic mass is 32.1. The largest absolute Gasteiger partial charge is 0.465 e. The Labute approximate surface area is 209 Å². The molecule has 2 heterocycles. The van der Waals surface area contributed by atoms with Gasteiger partial charge in [0.15, 0.2) is 0 Å². The molecule has 5 nitrogen and oxygen atoms in total. The van der Waals surface area contributed by atoms with E-state index in [1.807, 2.05) is 55.5 Å². The third-order valence-corrected chi connectivity index (χ3v) is 8.01. The maximum absolute atomic E-state index is 13.7. The summed E-state index contributed by atoms with van der Waals surface area (Å²) in [5.74, 6) is -0.0442. The predicted octanol–water partition coefficient (Wildman–Crippen LogP) is 6.83. The second kappa shape index (κ2) is 9.62. The van der Waals surface area contributed by atoms with Crippen LogP contribution in [0.3, 0.4) is 0 Å². The van der Waals surface area contributed by atoms with Gasteiger partial charge in [-0.1, -0.05) is 55.3 Å². The minimum absolute atomic E-state index is 0.256. The van der Waals surface area contributed by atoms with Gasteiger partial charge in [-0.25, -0.2) is 9.78 Å². The predicted molar refractivity (Wildman–Crippen MR) is 141 cm³/mol. The average Bonchev–Trinajstić information content (AvgIpc) is 3.24. The monoisotopic (exact) mass is 484 g/mol. The highest BCUT2D eigenvalue weighted by Gasteiger charge is 2.30. The molecule has 0 saturated carbocycles. The molecule has 4 aromatic rings. The molecule has 1 atom stereocenters. The molecule has 0 radical (unpaired) electrons. The summed E-state index contributed by atoms with van der Waals surface area (Å²) < 4.78 is 5.11. The molecule has 0 fully saturated rings. The van der Waals surface area contributed by atoms with Gasteiger partial charge < -0.3 is 10.1 Å². The Morgan fingerprint density at radius 2 is 1.97 bits per heavy atom. The highest BCUT2D eigenvalue weighted by molar-refractivity contribution is 7.17. The fraction of sp³-hybridized carbons (Fsp3) is 0.276. The Bertz CT molecular complexity index is 1440. The molecule has 1 N–H and O–H groups in total. The lowest BCUT2D eigenvalue weighted by Gasteiger charge is -2.20. The van der Waals surface area contributed by atoms with Gasteiger partial charge >= 0.3 is 5.97 Å². The van der Waals surface area contributed by atoms with E-state index in [1.165, 1.54) is 23.3 Å². The van der Waals surface area contributed by atoms with Crippen molar-refractivity contribution in [1.82, 2.24) is 4.98 Å². The number of aryl methyl sites for hydroxylation is 1. The zero-order valence-corrected chi connectivity index (χ0v) is 21.0. The van der Waals surface area contributed by atoms with Crippen LogP contribution in [0.15, 0.2) is 54.6 Å². The van der Waals surface area contributed by atoms with Gasteiger partial charge in [0.25, 0.3) is 5.91 Å². The number of amides is 1. The zero-order chi connectivity index (χ0) is 24.5. The number of pyridine rings is 1. The molecule has 0 saturated heterocycles. The van der Waals surface area contributed by atoms with Crippen molar-refractivity contribution in [3.05, 3.63) is 81.7 Å². The van der Waals surface area contributed by atoms with Gasteiger partial charge in [-0.15, -0.1) is 11.3 Å². The summed E-state index contributed by atoms with van der Waals surface area (Å²) >= 11 is 1.51. The van der Waals surface area contributed by atoms with Crippen LogP contribution < -0.4 is 5.32 Å². The molecule has 1 aliphatic carbocycles. The van der Waals surface area contributed by atoms with Crippen molar-refractivity contribution in [2.45, 2.75) is 39.5 Å². The number of esters is 1. The SMILES string of the molecule is CCC1CCc2c(sc(NC(=O)c3cc(-c4cccc(C)c4)nc4ccccc34)c2C(=O)OC)C1. The van der Waals surface area contributed by atoms with Crippen LogP contribution in [-0.4, -0.2) is 24.0 Å². The van der Waals surface area contributed by atoms with Crippen LogP contribution in [0, 0.1) is 12.8 Å². The minimum Gasteiger partial charge on any atom is -0.465 e. The van der Waals surface area contributed by atoms with Gasteiger partial charge in [-0.3, -0.25) is 4.79 Å². The Balaban J connectivity index is 1.58. The van der Waals surface area contributed by atoms with Crippen LogP contribution in [0.4, 0.5) is 5.00 Å². The maximum Gasteiger partial charge on any atom is 0.341 e.